The summed E-state index contributed by atoms with van der Waals surface area (Å²) in [5, 5.41) is 8.59. The molecule has 0 aromatic heterocycles. The molecule has 0 amide bonds. The van der Waals surface area contributed by atoms with E-state index >= 15 is 0 Å². The number of rotatable bonds is 26. The van der Waals surface area contributed by atoms with Crippen LogP contribution < -0.4 is 5.73 Å². The third kappa shape index (κ3) is 27.6. The molecule has 0 aliphatic heterocycles. The predicted molar refractivity (Wildman–Crippen MR) is 107 cm³/mol. The molecule has 3 N–H and O–H groups in total. The molecule has 0 saturated carbocycles. The quantitative estimate of drug-likeness (QED) is 0.174. The van der Waals surface area contributed by atoms with Crippen molar-refractivity contribution >= 4 is 0 Å². The van der Waals surface area contributed by atoms with Crippen molar-refractivity contribution in [2.75, 3.05) is 119 Å². The molecule has 0 atom stereocenters. The second kappa shape index (κ2) is 27.6. The number of aliphatic hydroxyl groups is 1. The Kier molecular flexibility index (Phi) is 27.2. The van der Waals surface area contributed by atoms with Crippen LogP contribution in [0.15, 0.2) is 0 Å². The summed E-state index contributed by atoms with van der Waals surface area (Å²) in [5.74, 6) is 0. The van der Waals surface area contributed by atoms with Crippen LogP contribution in [0.1, 0.15) is 6.42 Å². The molecule has 0 aliphatic rings. The lowest BCUT2D eigenvalue weighted by molar-refractivity contribution is -0.0231. The van der Waals surface area contributed by atoms with Crippen molar-refractivity contribution < 1.29 is 43.0 Å². The van der Waals surface area contributed by atoms with Gasteiger partial charge in [0.1, 0.15) is 0 Å². The zero-order valence-corrected chi connectivity index (χ0v) is 17.7. The first kappa shape index (κ1) is 28.6. The fourth-order valence-electron chi connectivity index (χ4n) is 1.89. The molecule has 0 radical (unpaired) electrons. The van der Waals surface area contributed by atoms with Crippen LogP contribution in [0.2, 0.25) is 0 Å². The van der Waals surface area contributed by atoms with Crippen molar-refractivity contribution in [1.82, 2.24) is 0 Å². The van der Waals surface area contributed by atoms with Gasteiger partial charge in [-0.15, -0.1) is 0 Å². The van der Waals surface area contributed by atoms with Gasteiger partial charge >= 0.3 is 0 Å². The van der Waals surface area contributed by atoms with Crippen LogP contribution >= 0.6 is 0 Å². The van der Waals surface area contributed by atoms with Gasteiger partial charge in [0.25, 0.3) is 0 Å². The Morgan fingerprint density at radius 1 is 0.379 bits per heavy atom. The minimum Gasteiger partial charge on any atom is -0.396 e. The molecule has 29 heavy (non-hydrogen) atoms. The summed E-state index contributed by atoms with van der Waals surface area (Å²) in [5.41, 5.74) is 5.30. The summed E-state index contributed by atoms with van der Waals surface area (Å²) in [6.07, 6.45) is 0.657. The number of hydrogen-bond donors (Lipinski definition) is 2. The summed E-state index contributed by atoms with van der Waals surface area (Å²) < 4.78 is 42.7. The molecule has 0 aliphatic carbocycles. The smallest absolute Gasteiger partial charge is 0.0701 e. The maximum atomic E-state index is 8.59. The molecule has 0 aromatic rings. The highest BCUT2D eigenvalue weighted by atomic mass is 16.6. The van der Waals surface area contributed by atoms with E-state index in [9.17, 15) is 0 Å². The summed E-state index contributed by atoms with van der Waals surface area (Å²) in [6, 6.07) is 0. The van der Waals surface area contributed by atoms with Gasteiger partial charge in [0, 0.05) is 19.8 Å². The van der Waals surface area contributed by atoms with Gasteiger partial charge < -0.3 is 48.7 Å². The van der Waals surface area contributed by atoms with Gasteiger partial charge in [-0.1, -0.05) is 0 Å². The van der Waals surface area contributed by atoms with E-state index in [1.807, 2.05) is 0 Å². The van der Waals surface area contributed by atoms with Crippen LogP contribution in [0, 0.1) is 0 Å². The van der Waals surface area contributed by atoms with Gasteiger partial charge in [-0.3, -0.25) is 0 Å². The highest BCUT2D eigenvalue weighted by molar-refractivity contribution is 4.38. The lowest BCUT2D eigenvalue weighted by Crippen LogP contribution is -2.15. The molecular formula is C19H41NO9. The van der Waals surface area contributed by atoms with Crippen LogP contribution in [-0.2, 0) is 37.9 Å². The number of nitrogens with two attached hydrogens (primary N) is 1. The Hall–Kier alpha value is -0.400. The summed E-state index contributed by atoms with van der Waals surface area (Å²) in [4.78, 5) is 0. The van der Waals surface area contributed by atoms with Gasteiger partial charge in [-0.2, -0.15) is 0 Å². The van der Waals surface area contributed by atoms with Crippen molar-refractivity contribution in [3.63, 3.8) is 0 Å². The van der Waals surface area contributed by atoms with Crippen molar-refractivity contribution in [3.05, 3.63) is 0 Å². The molecule has 0 spiro atoms. The van der Waals surface area contributed by atoms with E-state index < -0.39 is 0 Å². The van der Waals surface area contributed by atoms with E-state index in [1.54, 1.807) is 0 Å². The Morgan fingerprint density at radius 3 is 0.862 bits per heavy atom. The number of hydrogen-bond acceptors (Lipinski definition) is 10. The fourth-order valence-corrected chi connectivity index (χ4v) is 1.89. The van der Waals surface area contributed by atoms with E-state index in [4.69, 9.17) is 48.7 Å². The second-order valence-corrected chi connectivity index (χ2v) is 5.76. The first-order valence-corrected chi connectivity index (χ1v) is 10.3. The van der Waals surface area contributed by atoms with Crippen molar-refractivity contribution in [2.45, 2.75) is 6.42 Å². The summed E-state index contributed by atoms with van der Waals surface area (Å²) in [6.45, 7) is 9.27. The van der Waals surface area contributed by atoms with Crippen LogP contribution in [0.3, 0.4) is 0 Å². The number of ether oxygens (including phenoxy) is 8. The largest absolute Gasteiger partial charge is 0.396 e. The monoisotopic (exact) mass is 427 g/mol. The first-order valence-electron chi connectivity index (χ1n) is 10.3. The van der Waals surface area contributed by atoms with Gasteiger partial charge in [0.15, 0.2) is 0 Å². The standard InChI is InChI=1S/C19H41NO9/c20-2-5-23-7-9-25-11-13-27-15-17-29-19-18-28-16-14-26-12-10-24-8-6-22-4-1-3-21/h21H,1-20H2. The molecule has 176 valence electrons. The minimum absolute atomic E-state index is 0.153. The van der Waals surface area contributed by atoms with E-state index in [0.29, 0.717) is 119 Å². The van der Waals surface area contributed by atoms with E-state index in [-0.39, 0.29) is 6.61 Å². The molecule has 10 heteroatoms. The maximum Gasteiger partial charge on any atom is 0.0701 e. The minimum atomic E-state index is 0.153. The number of aliphatic hydroxyl groups excluding tert-OH is 1. The topological polar surface area (TPSA) is 120 Å². The Bertz CT molecular complexity index is 262. The van der Waals surface area contributed by atoms with Gasteiger partial charge in [0.05, 0.1) is 99.1 Å². The van der Waals surface area contributed by atoms with Gasteiger partial charge in [0.2, 0.25) is 0 Å². The van der Waals surface area contributed by atoms with E-state index in [0.717, 1.165) is 0 Å². The van der Waals surface area contributed by atoms with Gasteiger partial charge in [-0.25, -0.2) is 0 Å². The fraction of sp³-hybridized carbons (Fsp3) is 1.00. The van der Waals surface area contributed by atoms with Gasteiger partial charge in [-0.05, 0) is 6.42 Å². The Morgan fingerprint density at radius 2 is 0.621 bits per heavy atom. The molecule has 0 aromatic carbocycles. The SMILES string of the molecule is NCCOCCOCCOCCOCCOCCOCCOCCOCCCO. The molecule has 0 fully saturated rings. The zero-order valence-electron chi connectivity index (χ0n) is 17.7. The third-order valence-electron chi connectivity index (χ3n) is 3.31. The Labute approximate surface area is 174 Å². The average Bonchev–Trinajstić information content (AvgIpc) is 2.74. The van der Waals surface area contributed by atoms with Crippen LogP contribution in [0.25, 0.3) is 0 Å². The van der Waals surface area contributed by atoms with Crippen molar-refractivity contribution in [2.24, 2.45) is 5.73 Å². The van der Waals surface area contributed by atoms with Crippen LogP contribution in [0.5, 0.6) is 0 Å². The summed E-state index contributed by atoms with van der Waals surface area (Å²) >= 11 is 0. The van der Waals surface area contributed by atoms with Crippen molar-refractivity contribution in [1.29, 1.82) is 0 Å². The lowest BCUT2D eigenvalue weighted by Gasteiger charge is -2.08. The summed E-state index contributed by atoms with van der Waals surface area (Å²) in [7, 11) is 0. The van der Waals surface area contributed by atoms with E-state index in [2.05, 4.69) is 0 Å². The molecule has 0 bridgehead atoms. The molecule has 0 unspecified atom stereocenters. The Balaban J connectivity index is 2.97. The average molecular weight is 428 g/mol. The predicted octanol–water partition coefficient (Wildman–Crippen LogP) is -0.540. The molecule has 0 heterocycles. The van der Waals surface area contributed by atoms with Crippen LogP contribution in [-0.4, -0.2) is 124 Å². The molecule has 0 rings (SSSR count). The first-order chi connectivity index (χ1) is 14.4. The highest BCUT2D eigenvalue weighted by Crippen LogP contribution is 1.86. The molecule has 10 nitrogen and oxygen atoms in total. The molecular weight excluding hydrogens is 386 g/mol. The van der Waals surface area contributed by atoms with E-state index in [1.165, 1.54) is 0 Å². The van der Waals surface area contributed by atoms with Crippen molar-refractivity contribution in [3.8, 4) is 0 Å². The highest BCUT2D eigenvalue weighted by Gasteiger charge is 1.95. The maximum absolute atomic E-state index is 8.59. The zero-order chi connectivity index (χ0) is 21.1. The third-order valence-corrected chi connectivity index (χ3v) is 3.31. The lowest BCUT2D eigenvalue weighted by atomic mass is 10.5. The second-order valence-electron chi connectivity index (χ2n) is 5.76. The van der Waals surface area contributed by atoms with Crippen LogP contribution in [0.4, 0.5) is 0 Å². The molecule has 0 saturated heterocycles. The normalized spacial score (nSPS) is 11.4.